The second kappa shape index (κ2) is 13.9. The lowest BCUT2D eigenvalue weighted by molar-refractivity contribution is -0.142. The molecule has 0 aliphatic carbocycles. The maximum atomic E-state index is 12.9. The summed E-state index contributed by atoms with van der Waals surface area (Å²) < 4.78 is 0. The van der Waals surface area contributed by atoms with Crippen LogP contribution in [0.5, 0.6) is 0 Å². The summed E-state index contributed by atoms with van der Waals surface area (Å²) in [5, 5.41) is 27.5. The van der Waals surface area contributed by atoms with E-state index in [1.807, 2.05) is 24.3 Å². The van der Waals surface area contributed by atoms with Gasteiger partial charge in [-0.2, -0.15) is 0 Å². The van der Waals surface area contributed by atoms with Crippen LogP contribution in [0.4, 0.5) is 0 Å². The number of hydrogen-bond acceptors (Lipinski definition) is 7. The van der Waals surface area contributed by atoms with E-state index in [0.29, 0.717) is 12.0 Å². The molecule has 0 bridgehead atoms. The lowest BCUT2D eigenvalue weighted by Gasteiger charge is -2.24. The van der Waals surface area contributed by atoms with Gasteiger partial charge in [-0.15, -0.1) is 0 Å². The number of nitrogens with two attached hydrogens (primary N) is 3. The molecule has 0 saturated carbocycles. The Hall–Kier alpha value is -4.17. The van der Waals surface area contributed by atoms with Gasteiger partial charge in [-0.05, 0) is 38.3 Å². The highest BCUT2D eigenvalue weighted by Crippen LogP contribution is 2.19. The van der Waals surface area contributed by atoms with Gasteiger partial charge in [0.25, 0.3) is 0 Å². The Balaban J connectivity index is 2.05. The van der Waals surface area contributed by atoms with E-state index in [1.54, 1.807) is 6.20 Å². The minimum absolute atomic E-state index is 0.0203. The third-order valence-electron chi connectivity index (χ3n) is 5.87. The van der Waals surface area contributed by atoms with E-state index in [9.17, 15) is 29.4 Å². The molecule has 0 fully saturated rings. The maximum absolute atomic E-state index is 12.9. The molecule has 0 radical (unpaired) electrons. The molecule has 0 spiro atoms. The number of H-pyrrole nitrogens is 1. The number of nitrogens with zero attached hydrogens (tertiary/aromatic N) is 1. The first kappa shape index (κ1) is 30.1. The number of carbonyl (C=O) groups excluding carboxylic acids is 3. The van der Waals surface area contributed by atoms with E-state index in [-0.39, 0.29) is 25.3 Å². The number of carbonyl (C=O) groups is 4. The minimum atomic E-state index is -1.27. The molecular formula is C24H36N8O6. The van der Waals surface area contributed by atoms with Crippen LogP contribution < -0.4 is 33.2 Å². The molecule has 0 aliphatic heterocycles. The zero-order valence-corrected chi connectivity index (χ0v) is 21.3. The van der Waals surface area contributed by atoms with E-state index < -0.39 is 54.0 Å². The zero-order chi connectivity index (χ0) is 28.4. The SMILES string of the molecule is CC(NC(=O)C(CCCN=C(N)N)NC(=O)C(N)C(C)O)C(=O)NC(Cc1c[nH]c2ccccc12)C(=O)O. The number of aliphatic imine (C=N–C) groups is 1. The number of para-hydroxylation sites is 1. The Morgan fingerprint density at radius 2 is 1.66 bits per heavy atom. The van der Waals surface area contributed by atoms with Crippen molar-refractivity contribution in [3.8, 4) is 0 Å². The van der Waals surface area contributed by atoms with Gasteiger partial charge in [-0.1, -0.05) is 18.2 Å². The summed E-state index contributed by atoms with van der Waals surface area (Å²) in [5.41, 5.74) is 17.8. The third kappa shape index (κ3) is 8.74. The maximum Gasteiger partial charge on any atom is 0.326 e. The summed E-state index contributed by atoms with van der Waals surface area (Å²) in [4.78, 5) is 56.8. The fraction of sp³-hybridized carbons (Fsp3) is 0.458. The Kier molecular flexibility index (Phi) is 11.0. The molecule has 2 rings (SSSR count). The van der Waals surface area contributed by atoms with E-state index in [4.69, 9.17) is 17.2 Å². The number of carboxylic acids is 1. The van der Waals surface area contributed by atoms with Crippen LogP contribution in [0.2, 0.25) is 0 Å². The molecule has 12 N–H and O–H groups in total. The number of rotatable bonds is 14. The molecule has 3 amide bonds. The molecule has 1 aromatic carbocycles. The summed E-state index contributed by atoms with van der Waals surface area (Å²) >= 11 is 0. The average molecular weight is 533 g/mol. The summed E-state index contributed by atoms with van der Waals surface area (Å²) in [6.07, 6.45) is 0.966. The highest BCUT2D eigenvalue weighted by molar-refractivity contribution is 5.94. The lowest BCUT2D eigenvalue weighted by atomic mass is 10.0. The molecule has 38 heavy (non-hydrogen) atoms. The van der Waals surface area contributed by atoms with Crippen molar-refractivity contribution < 1.29 is 29.4 Å². The zero-order valence-electron chi connectivity index (χ0n) is 21.3. The Morgan fingerprint density at radius 1 is 1.00 bits per heavy atom. The molecule has 2 aromatic rings. The van der Waals surface area contributed by atoms with Crippen molar-refractivity contribution >= 4 is 40.6 Å². The van der Waals surface area contributed by atoms with Gasteiger partial charge in [0.1, 0.15) is 24.2 Å². The fourth-order valence-electron chi connectivity index (χ4n) is 3.66. The predicted molar refractivity (Wildman–Crippen MR) is 141 cm³/mol. The molecule has 1 aromatic heterocycles. The second-order valence-electron chi connectivity index (χ2n) is 8.97. The monoisotopic (exact) mass is 532 g/mol. The van der Waals surface area contributed by atoms with E-state index >= 15 is 0 Å². The normalized spacial score (nSPS) is 14.9. The van der Waals surface area contributed by atoms with Crippen molar-refractivity contribution in [2.75, 3.05) is 6.54 Å². The standard InChI is InChI=1S/C24H36N8O6/c1-12(20(34)32-18(23(37)38)10-14-11-29-16-7-4-3-6-15(14)16)30-21(35)17(8-5-9-28-24(26)27)31-22(36)19(25)13(2)33/h3-4,6-7,11-13,17-19,29,33H,5,8-10,25H2,1-2H3,(H,30,35)(H,31,36)(H,32,34)(H,37,38)(H4,26,27,28). The highest BCUT2D eigenvalue weighted by atomic mass is 16.4. The number of nitrogens with one attached hydrogen (secondary N) is 4. The number of aliphatic carboxylic acids is 1. The predicted octanol–water partition coefficient (Wildman–Crippen LogP) is -1.97. The Morgan fingerprint density at radius 3 is 2.29 bits per heavy atom. The smallest absolute Gasteiger partial charge is 0.326 e. The molecule has 0 aliphatic rings. The molecule has 0 saturated heterocycles. The molecule has 14 heteroatoms. The van der Waals surface area contributed by atoms with E-state index in [0.717, 1.165) is 10.9 Å². The topological polar surface area (TPSA) is 251 Å². The first-order valence-corrected chi connectivity index (χ1v) is 12.1. The number of hydrogen-bond donors (Lipinski definition) is 9. The summed E-state index contributed by atoms with van der Waals surface area (Å²) in [6, 6.07) is 2.60. The number of guanidine groups is 1. The van der Waals surface area contributed by atoms with Crippen molar-refractivity contribution in [1.29, 1.82) is 0 Å². The van der Waals surface area contributed by atoms with Gasteiger partial charge in [-0.25, -0.2) is 4.79 Å². The number of aromatic amines is 1. The van der Waals surface area contributed by atoms with Crippen LogP contribution >= 0.6 is 0 Å². The molecule has 1 heterocycles. The number of benzene rings is 1. The largest absolute Gasteiger partial charge is 0.480 e. The molecule has 208 valence electrons. The van der Waals surface area contributed by atoms with Gasteiger partial charge < -0.3 is 48.3 Å². The van der Waals surface area contributed by atoms with Crippen LogP contribution in [0.1, 0.15) is 32.3 Å². The first-order chi connectivity index (χ1) is 17.9. The number of carboxylic acid groups (broad SMARTS) is 1. The van der Waals surface area contributed by atoms with Crippen molar-refractivity contribution in [1.82, 2.24) is 20.9 Å². The average Bonchev–Trinajstić information content (AvgIpc) is 3.27. The number of aromatic nitrogens is 1. The van der Waals surface area contributed by atoms with Crippen LogP contribution in [0.3, 0.4) is 0 Å². The van der Waals surface area contributed by atoms with Gasteiger partial charge in [0.05, 0.1) is 6.10 Å². The fourth-order valence-corrected chi connectivity index (χ4v) is 3.66. The lowest BCUT2D eigenvalue weighted by Crippen LogP contribution is -2.57. The van der Waals surface area contributed by atoms with Gasteiger partial charge in [0.15, 0.2) is 5.96 Å². The second-order valence-corrected chi connectivity index (χ2v) is 8.97. The van der Waals surface area contributed by atoms with Crippen LogP contribution in [-0.2, 0) is 25.6 Å². The highest BCUT2D eigenvalue weighted by Gasteiger charge is 2.29. The van der Waals surface area contributed by atoms with Gasteiger partial charge in [0.2, 0.25) is 17.7 Å². The van der Waals surface area contributed by atoms with Crippen molar-refractivity contribution in [3.63, 3.8) is 0 Å². The van der Waals surface area contributed by atoms with Gasteiger partial charge >= 0.3 is 5.97 Å². The van der Waals surface area contributed by atoms with Crippen molar-refractivity contribution in [2.24, 2.45) is 22.2 Å². The first-order valence-electron chi connectivity index (χ1n) is 12.1. The summed E-state index contributed by atoms with van der Waals surface area (Å²) in [6.45, 7) is 2.91. The quantitative estimate of drug-likeness (QED) is 0.0742. The van der Waals surface area contributed by atoms with Crippen LogP contribution in [0.25, 0.3) is 10.9 Å². The summed E-state index contributed by atoms with van der Waals surface area (Å²) in [7, 11) is 0. The summed E-state index contributed by atoms with van der Waals surface area (Å²) in [5.74, 6) is -3.55. The van der Waals surface area contributed by atoms with Crippen LogP contribution in [0.15, 0.2) is 35.5 Å². The third-order valence-corrected chi connectivity index (χ3v) is 5.87. The number of amides is 3. The number of fused-ring (bicyclic) bond motifs is 1. The number of aliphatic hydroxyl groups excluding tert-OH is 1. The molecular weight excluding hydrogens is 496 g/mol. The molecule has 14 nitrogen and oxygen atoms in total. The van der Waals surface area contributed by atoms with Crippen LogP contribution in [-0.4, -0.2) is 81.7 Å². The van der Waals surface area contributed by atoms with Crippen molar-refractivity contribution in [3.05, 3.63) is 36.0 Å². The van der Waals surface area contributed by atoms with E-state index in [2.05, 4.69) is 25.9 Å². The van der Waals surface area contributed by atoms with Crippen molar-refractivity contribution in [2.45, 2.75) is 63.4 Å². The van der Waals surface area contributed by atoms with Gasteiger partial charge in [-0.3, -0.25) is 19.4 Å². The Bertz CT molecular complexity index is 1160. The minimum Gasteiger partial charge on any atom is -0.480 e. The van der Waals surface area contributed by atoms with Gasteiger partial charge in [0, 0.05) is 30.1 Å². The number of aliphatic hydroxyl groups is 1. The van der Waals surface area contributed by atoms with E-state index in [1.165, 1.54) is 13.8 Å². The molecule has 5 unspecified atom stereocenters. The molecule has 5 atom stereocenters. The Labute approximate surface area is 219 Å². The van der Waals surface area contributed by atoms with Crippen LogP contribution in [0, 0.1) is 0 Å².